The molecule has 1 aliphatic rings. The zero-order valence-corrected chi connectivity index (χ0v) is 14.5. The van der Waals surface area contributed by atoms with Crippen LogP contribution in [0.4, 0.5) is 4.79 Å². The van der Waals surface area contributed by atoms with Gasteiger partial charge in [0.25, 0.3) is 0 Å². The van der Waals surface area contributed by atoms with Crippen LogP contribution < -0.4 is 5.32 Å². The minimum Gasteiger partial charge on any atom is -0.444 e. The molecule has 1 N–H and O–H groups in total. The maximum absolute atomic E-state index is 12.3. The first kappa shape index (κ1) is 17.7. The van der Waals surface area contributed by atoms with E-state index < -0.39 is 5.60 Å². The molecule has 0 saturated carbocycles. The second-order valence-electron chi connectivity index (χ2n) is 6.74. The van der Waals surface area contributed by atoms with Gasteiger partial charge in [0.15, 0.2) is 0 Å². The Bertz CT molecular complexity index is 510. The summed E-state index contributed by atoms with van der Waals surface area (Å²) in [5, 5.41) is 7.62. The first-order chi connectivity index (χ1) is 10.9. The molecule has 7 heteroatoms. The standard InChI is InChI=1S/C16H28N4O3/c1-5-19-11-13(9-18-19)8-17-10-14-12-22-7-6-20(14)15(21)23-16(2,3)4/h9,11,14,17H,5-8,10,12H2,1-4H3. The monoisotopic (exact) mass is 324 g/mol. The highest BCUT2D eigenvalue weighted by molar-refractivity contribution is 5.68. The van der Waals surface area contributed by atoms with Gasteiger partial charge < -0.3 is 14.8 Å². The van der Waals surface area contributed by atoms with Gasteiger partial charge in [0.2, 0.25) is 0 Å². The maximum Gasteiger partial charge on any atom is 0.410 e. The fraction of sp³-hybridized carbons (Fsp3) is 0.750. The smallest absolute Gasteiger partial charge is 0.410 e. The van der Waals surface area contributed by atoms with Gasteiger partial charge in [-0.05, 0) is 27.7 Å². The number of morpholine rings is 1. The number of rotatable bonds is 5. The fourth-order valence-corrected chi connectivity index (χ4v) is 2.44. The van der Waals surface area contributed by atoms with E-state index in [0.717, 1.165) is 18.7 Å². The Morgan fingerprint density at radius 2 is 2.30 bits per heavy atom. The predicted octanol–water partition coefficient (Wildman–Crippen LogP) is 1.63. The van der Waals surface area contributed by atoms with Crippen LogP contribution in [0.3, 0.4) is 0 Å². The summed E-state index contributed by atoms with van der Waals surface area (Å²) in [7, 11) is 0. The number of hydrogen-bond donors (Lipinski definition) is 1. The zero-order chi connectivity index (χ0) is 16.9. The Kier molecular flexibility index (Phi) is 6.01. The van der Waals surface area contributed by atoms with E-state index in [1.54, 1.807) is 4.90 Å². The molecule has 130 valence electrons. The van der Waals surface area contributed by atoms with Crippen molar-refractivity contribution in [3.63, 3.8) is 0 Å². The summed E-state index contributed by atoms with van der Waals surface area (Å²) < 4.78 is 12.9. The molecule has 23 heavy (non-hydrogen) atoms. The van der Waals surface area contributed by atoms with E-state index in [2.05, 4.69) is 17.3 Å². The van der Waals surface area contributed by atoms with Crippen LogP contribution in [-0.2, 0) is 22.6 Å². The third-order valence-corrected chi connectivity index (χ3v) is 3.58. The number of nitrogens with zero attached hydrogens (tertiary/aromatic N) is 3. The number of nitrogens with one attached hydrogen (secondary N) is 1. The van der Waals surface area contributed by atoms with Gasteiger partial charge in [0, 0.05) is 37.9 Å². The van der Waals surface area contributed by atoms with E-state index in [1.807, 2.05) is 37.8 Å². The van der Waals surface area contributed by atoms with E-state index in [4.69, 9.17) is 9.47 Å². The van der Waals surface area contributed by atoms with Crippen molar-refractivity contribution in [1.29, 1.82) is 0 Å². The first-order valence-electron chi connectivity index (χ1n) is 8.18. The number of aryl methyl sites for hydroxylation is 1. The number of amides is 1. The van der Waals surface area contributed by atoms with Gasteiger partial charge in [-0.15, -0.1) is 0 Å². The van der Waals surface area contributed by atoms with Crippen molar-refractivity contribution < 1.29 is 14.3 Å². The summed E-state index contributed by atoms with van der Waals surface area (Å²) in [6.45, 7) is 11.6. The van der Waals surface area contributed by atoms with Crippen LogP contribution in [-0.4, -0.2) is 58.7 Å². The molecule has 2 rings (SSSR count). The van der Waals surface area contributed by atoms with Crippen molar-refractivity contribution >= 4 is 6.09 Å². The lowest BCUT2D eigenvalue weighted by molar-refractivity contribution is -0.0317. The summed E-state index contributed by atoms with van der Waals surface area (Å²) in [5.74, 6) is 0. The van der Waals surface area contributed by atoms with Crippen molar-refractivity contribution in [3.05, 3.63) is 18.0 Å². The number of carbonyl (C=O) groups excluding carboxylic acids is 1. The zero-order valence-electron chi connectivity index (χ0n) is 14.5. The molecule has 1 unspecified atom stereocenters. The van der Waals surface area contributed by atoms with E-state index >= 15 is 0 Å². The largest absolute Gasteiger partial charge is 0.444 e. The fourth-order valence-electron chi connectivity index (χ4n) is 2.44. The lowest BCUT2D eigenvalue weighted by Gasteiger charge is -2.36. The van der Waals surface area contributed by atoms with Gasteiger partial charge in [-0.2, -0.15) is 5.10 Å². The van der Waals surface area contributed by atoms with Crippen LogP contribution in [0.5, 0.6) is 0 Å². The predicted molar refractivity (Wildman–Crippen MR) is 87.2 cm³/mol. The Labute approximate surface area is 137 Å². The van der Waals surface area contributed by atoms with Gasteiger partial charge in [-0.3, -0.25) is 9.58 Å². The van der Waals surface area contributed by atoms with Crippen LogP contribution >= 0.6 is 0 Å². The van der Waals surface area contributed by atoms with Crippen molar-refractivity contribution in [3.8, 4) is 0 Å². The maximum atomic E-state index is 12.3. The Hall–Kier alpha value is -1.60. The summed E-state index contributed by atoms with van der Waals surface area (Å²) >= 11 is 0. The topological polar surface area (TPSA) is 68.6 Å². The quantitative estimate of drug-likeness (QED) is 0.891. The van der Waals surface area contributed by atoms with Crippen LogP contribution in [0.2, 0.25) is 0 Å². The third-order valence-electron chi connectivity index (χ3n) is 3.58. The minimum absolute atomic E-state index is 0.0141. The molecule has 0 aliphatic carbocycles. The van der Waals surface area contributed by atoms with Gasteiger partial charge in [-0.25, -0.2) is 4.79 Å². The van der Waals surface area contributed by atoms with Crippen molar-refractivity contribution in [2.24, 2.45) is 0 Å². The van der Waals surface area contributed by atoms with Gasteiger partial charge in [0.05, 0.1) is 25.5 Å². The highest BCUT2D eigenvalue weighted by Gasteiger charge is 2.30. The van der Waals surface area contributed by atoms with Crippen molar-refractivity contribution in [2.75, 3.05) is 26.3 Å². The normalized spacial score (nSPS) is 19.0. The molecule has 1 fully saturated rings. The molecule has 7 nitrogen and oxygen atoms in total. The van der Waals surface area contributed by atoms with Crippen LogP contribution in [0.1, 0.15) is 33.3 Å². The van der Waals surface area contributed by atoms with Gasteiger partial charge in [0.1, 0.15) is 5.60 Å². The van der Waals surface area contributed by atoms with Crippen molar-refractivity contribution in [2.45, 2.75) is 52.4 Å². The molecule has 2 heterocycles. The van der Waals surface area contributed by atoms with Gasteiger partial charge in [-0.1, -0.05) is 0 Å². The molecular weight excluding hydrogens is 296 g/mol. The number of ether oxygens (including phenoxy) is 2. The molecule has 0 radical (unpaired) electrons. The summed E-state index contributed by atoms with van der Waals surface area (Å²) in [5.41, 5.74) is 0.648. The molecule has 1 aliphatic heterocycles. The molecule has 1 aromatic heterocycles. The molecular formula is C16H28N4O3. The number of aromatic nitrogens is 2. The Morgan fingerprint density at radius 3 is 2.96 bits per heavy atom. The van der Waals surface area contributed by atoms with E-state index in [0.29, 0.717) is 26.3 Å². The Morgan fingerprint density at radius 1 is 1.52 bits per heavy atom. The second kappa shape index (κ2) is 7.79. The summed E-state index contributed by atoms with van der Waals surface area (Å²) in [6, 6.07) is -0.0141. The van der Waals surface area contributed by atoms with Crippen LogP contribution in [0, 0.1) is 0 Å². The average molecular weight is 324 g/mol. The van der Waals surface area contributed by atoms with E-state index in [-0.39, 0.29) is 12.1 Å². The van der Waals surface area contributed by atoms with E-state index in [9.17, 15) is 4.79 Å². The highest BCUT2D eigenvalue weighted by atomic mass is 16.6. The molecule has 1 atom stereocenters. The molecule has 0 bridgehead atoms. The second-order valence-corrected chi connectivity index (χ2v) is 6.74. The van der Waals surface area contributed by atoms with Crippen LogP contribution in [0.25, 0.3) is 0 Å². The third kappa shape index (κ3) is 5.51. The number of hydrogen-bond acceptors (Lipinski definition) is 5. The number of carbonyl (C=O) groups is 1. The first-order valence-corrected chi connectivity index (χ1v) is 8.18. The van der Waals surface area contributed by atoms with Crippen molar-refractivity contribution in [1.82, 2.24) is 20.0 Å². The summed E-state index contributed by atoms with van der Waals surface area (Å²) in [6.07, 6.45) is 3.61. The molecule has 0 aromatic carbocycles. The lowest BCUT2D eigenvalue weighted by Crippen LogP contribution is -2.53. The Balaban J connectivity index is 1.84. The van der Waals surface area contributed by atoms with Gasteiger partial charge >= 0.3 is 6.09 Å². The average Bonchev–Trinajstić information content (AvgIpc) is 2.94. The molecule has 1 aromatic rings. The minimum atomic E-state index is -0.484. The SMILES string of the molecule is CCn1cc(CNCC2COCCN2C(=O)OC(C)(C)C)cn1. The molecule has 1 saturated heterocycles. The highest BCUT2D eigenvalue weighted by Crippen LogP contribution is 2.14. The molecule has 0 spiro atoms. The summed E-state index contributed by atoms with van der Waals surface area (Å²) in [4.78, 5) is 14.1. The van der Waals surface area contributed by atoms with E-state index in [1.165, 1.54) is 0 Å². The molecule has 1 amide bonds. The lowest BCUT2D eigenvalue weighted by atomic mass is 10.2. The van der Waals surface area contributed by atoms with Crippen LogP contribution in [0.15, 0.2) is 12.4 Å².